The van der Waals surface area contributed by atoms with Crippen LogP contribution in [0.2, 0.25) is 0 Å². The molecule has 0 aliphatic carbocycles. The van der Waals surface area contributed by atoms with Crippen molar-refractivity contribution in [3.05, 3.63) is 29.8 Å². The Hall–Kier alpha value is -1.39. The van der Waals surface area contributed by atoms with Crippen LogP contribution in [0.5, 0.6) is 0 Å². The van der Waals surface area contributed by atoms with Gasteiger partial charge in [-0.3, -0.25) is 9.69 Å². The van der Waals surface area contributed by atoms with Crippen molar-refractivity contribution in [3.8, 4) is 0 Å². The molecule has 0 saturated heterocycles. The van der Waals surface area contributed by atoms with E-state index in [9.17, 15) is 4.79 Å². The third kappa shape index (κ3) is 5.31. The maximum atomic E-state index is 12.2. The first-order valence-electron chi connectivity index (χ1n) is 7.03. The zero-order valence-electron chi connectivity index (χ0n) is 13.2. The van der Waals surface area contributed by atoms with E-state index in [1.807, 2.05) is 38.2 Å². The molecule has 0 fully saturated rings. The number of nitrogens with one attached hydrogen (secondary N) is 1. The van der Waals surface area contributed by atoms with Gasteiger partial charge in [-0.15, -0.1) is 0 Å². The summed E-state index contributed by atoms with van der Waals surface area (Å²) in [6.07, 6.45) is 0. The van der Waals surface area contributed by atoms with Crippen LogP contribution in [0.15, 0.2) is 24.3 Å². The van der Waals surface area contributed by atoms with Crippen molar-refractivity contribution in [1.29, 1.82) is 0 Å². The molecule has 20 heavy (non-hydrogen) atoms. The normalized spacial score (nSPS) is 13.3. The molecule has 0 aromatic heterocycles. The van der Waals surface area contributed by atoms with Gasteiger partial charge in [-0.1, -0.05) is 32.9 Å². The summed E-state index contributed by atoms with van der Waals surface area (Å²) in [5.41, 5.74) is 7.59. The summed E-state index contributed by atoms with van der Waals surface area (Å²) in [4.78, 5) is 14.3. The predicted octanol–water partition coefficient (Wildman–Crippen LogP) is 2.45. The number of likely N-dealkylation sites (N-methyl/N-ethyl adjacent to an activating group) is 1. The first-order valence-corrected chi connectivity index (χ1v) is 7.03. The average molecular weight is 277 g/mol. The molecule has 1 atom stereocenters. The van der Waals surface area contributed by atoms with Crippen LogP contribution in [0.3, 0.4) is 0 Å². The van der Waals surface area contributed by atoms with Gasteiger partial charge in [0.1, 0.15) is 0 Å². The summed E-state index contributed by atoms with van der Waals surface area (Å²) in [5, 5.41) is 2.94. The SMILES string of the molecule is CC(C(=O)Nc1ccc(CN)cc1)N(C)CC(C)(C)C. The van der Waals surface area contributed by atoms with Gasteiger partial charge in [-0.2, -0.15) is 0 Å². The second-order valence-electron chi connectivity index (χ2n) is 6.54. The first-order chi connectivity index (χ1) is 9.23. The maximum absolute atomic E-state index is 12.2. The molecular weight excluding hydrogens is 250 g/mol. The largest absolute Gasteiger partial charge is 0.326 e. The number of hydrogen-bond acceptors (Lipinski definition) is 3. The van der Waals surface area contributed by atoms with Gasteiger partial charge in [0.05, 0.1) is 6.04 Å². The van der Waals surface area contributed by atoms with Gasteiger partial charge in [0.15, 0.2) is 0 Å². The number of benzene rings is 1. The minimum Gasteiger partial charge on any atom is -0.326 e. The molecule has 0 bridgehead atoms. The molecule has 0 aliphatic heterocycles. The molecule has 1 aromatic rings. The Kier molecular flexibility index (Phi) is 5.72. The summed E-state index contributed by atoms with van der Waals surface area (Å²) < 4.78 is 0. The molecule has 1 aromatic carbocycles. The molecule has 1 rings (SSSR count). The van der Waals surface area contributed by atoms with Crippen LogP contribution in [0.4, 0.5) is 5.69 Å². The van der Waals surface area contributed by atoms with Crippen LogP contribution >= 0.6 is 0 Å². The van der Waals surface area contributed by atoms with E-state index in [-0.39, 0.29) is 17.4 Å². The van der Waals surface area contributed by atoms with Gasteiger partial charge in [0.2, 0.25) is 5.91 Å². The fourth-order valence-corrected chi connectivity index (χ4v) is 2.06. The monoisotopic (exact) mass is 277 g/mol. The quantitative estimate of drug-likeness (QED) is 0.869. The summed E-state index contributed by atoms with van der Waals surface area (Å²) in [6, 6.07) is 7.47. The van der Waals surface area contributed by atoms with Crippen molar-refractivity contribution in [2.45, 2.75) is 40.3 Å². The second-order valence-corrected chi connectivity index (χ2v) is 6.54. The lowest BCUT2D eigenvalue weighted by Crippen LogP contribution is -2.43. The second kappa shape index (κ2) is 6.86. The predicted molar refractivity (Wildman–Crippen MR) is 84.5 cm³/mol. The molecule has 0 heterocycles. The molecule has 1 unspecified atom stereocenters. The summed E-state index contributed by atoms with van der Waals surface area (Å²) in [7, 11) is 1.98. The van der Waals surface area contributed by atoms with Gasteiger partial charge in [-0.05, 0) is 37.1 Å². The van der Waals surface area contributed by atoms with Crippen LogP contribution in [0, 0.1) is 5.41 Å². The molecule has 112 valence electrons. The highest BCUT2D eigenvalue weighted by Crippen LogP contribution is 2.16. The molecule has 3 N–H and O–H groups in total. The number of carbonyl (C=O) groups excluding carboxylic acids is 1. The van der Waals surface area contributed by atoms with Crippen molar-refractivity contribution in [2.24, 2.45) is 11.1 Å². The first kappa shape index (κ1) is 16.7. The fourth-order valence-electron chi connectivity index (χ4n) is 2.06. The highest BCUT2D eigenvalue weighted by Gasteiger charge is 2.22. The van der Waals surface area contributed by atoms with E-state index >= 15 is 0 Å². The zero-order chi connectivity index (χ0) is 15.3. The molecule has 4 nitrogen and oxygen atoms in total. The average Bonchev–Trinajstić information content (AvgIpc) is 2.36. The van der Waals surface area contributed by atoms with E-state index in [0.717, 1.165) is 17.8 Å². The minimum atomic E-state index is -0.164. The van der Waals surface area contributed by atoms with Crippen LogP contribution in [0.1, 0.15) is 33.3 Å². The van der Waals surface area contributed by atoms with E-state index in [4.69, 9.17) is 5.73 Å². The Balaban J connectivity index is 2.60. The standard InChI is InChI=1S/C16H27N3O/c1-12(19(5)11-16(2,3)4)15(20)18-14-8-6-13(10-17)7-9-14/h6-9,12H,10-11,17H2,1-5H3,(H,18,20). The van der Waals surface area contributed by atoms with Crippen molar-refractivity contribution in [2.75, 3.05) is 18.9 Å². The Labute approximate surface area is 122 Å². The molecule has 0 saturated carbocycles. The van der Waals surface area contributed by atoms with Crippen LogP contribution in [0.25, 0.3) is 0 Å². The van der Waals surface area contributed by atoms with E-state index in [2.05, 4.69) is 31.0 Å². The zero-order valence-corrected chi connectivity index (χ0v) is 13.2. The van der Waals surface area contributed by atoms with E-state index in [1.165, 1.54) is 0 Å². The van der Waals surface area contributed by atoms with Crippen molar-refractivity contribution in [3.63, 3.8) is 0 Å². The van der Waals surface area contributed by atoms with Crippen molar-refractivity contribution >= 4 is 11.6 Å². The van der Waals surface area contributed by atoms with Gasteiger partial charge in [0, 0.05) is 18.8 Å². The highest BCUT2D eigenvalue weighted by atomic mass is 16.2. The number of rotatable bonds is 5. The van der Waals surface area contributed by atoms with Crippen LogP contribution in [-0.4, -0.2) is 30.4 Å². The summed E-state index contributed by atoms with van der Waals surface area (Å²) in [6.45, 7) is 9.81. The molecule has 0 spiro atoms. The number of nitrogens with zero attached hydrogens (tertiary/aromatic N) is 1. The molecule has 1 amide bonds. The minimum absolute atomic E-state index is 0.0113. The Morgan fingerprint density at radius 1 is 1.30 bits per heavy atom. The third-order valence-electron chi connectivity index (χ3n) is 3.22. The lowest BCUT2D eigenvalue weighted by atomic mass is 9.95. The van der Waals surface area contributed by atoms with Gasteiger partial charge in [0.25, 0.3) is 0 Å². The molecule has 0 aliphatic rings. The van der Waals surface area contributed by atoms with E-state index in [1.54, 1.807) is 0 Å². The third-order valence-corrected chi connectivity index (χ3v) is 3.22. The Morgan fingerprint density at radius 3 is 2.30 bits per heavy atom. The Morgan fingerprint density at radius 2 is 1.85 bits per heavy atom. The van der Waals surface area contributed by atoms with E-state index < -0.39 is 0 Å². The number of carbonyl (C=O) groups is 1. The van der Waals surface area contributed by atoms with E-state index in [0.29, 0.717) is 6.54 Å². The van der Waals surface area contributed by atoms with Crippen LogP contribution in [-0.2, 0) is 11.3 Å². The van der Waals surface area contributed by atoms with Crippen LogP contribution < -0.4 is 11.1 Å². The molecular formula is C16H27N3O. The number of amides is 1. The maximum Gasteiger partial charge on any atom is 0.241 e. The number of hydrogen-bond donors (Lipinski definition) is 2. The number of nitrogens with two attached hydrogens (primary N) is 1. The smallest absolute Gasteiger partial charge is 0.241 e. The van der Waals surface area contributed by atoms with Gasteiger partial charge >= 0.3 is 0 Å². The molecule has 4 heteroatoms. The highest BCUT2D eigenvalue weighted by molar-refractivity contribution is 5.94. The van der Waals surface area contributed by atoms with Gasteiger partial charge in [-0.25, -0.2) is 0 Å². The lowest BCUT2D eigenvalue weighted by Gasteiger charge is -2.30. The summed E-state index contributed by atoms with van der Waals surface area (Å²) in [5.74, 6) is 0.0113. The summed E-state index contributed by atoms with van der Waals surface area (Å²) >= 11 is 0. The lowest BCUT2D eigenvalue weighted by molar-refractivity contribution is -0.120. The van der Waals surface area contributed by atoms with Crippen molar-refractivity contribution in [1.82, 2.24) is 4.90 Å². The van der Waals surface area contributed by atoms with Gasteiger partial charge < -0.3 is 11.1 Å². The van der Waals surface area contributed by atoms with Crippen molar-refractivity contribution < 1.29 is 4.79 Å². The topological polar surface area (TPSA) is 58.4 Å². The Bertz CT molecular complexity index is 434. The fraction of sp³-hybridized carbons (Fsp3) is 0.562. The number of anilines is 1. The molecule has 0 radical (unpaired) electrons.